The topological polar surface area (TPSA) is 66.7 Å². The molecule has 6 heteroatoms. The van der Waals surface area contributed by atoms with Gasteiger partial charge in [-0.25, -0.2) is 4.98 Å². The SMILES string of the molecule is CCCNC(=O)C1CCN(C(=O)c2cn3cccc(C)c3n2)C1. The van der Waals surface area contributed by atoms with Crippen LogP contribution in [0.15, 0.2) is 24.5 Å². The van der Waals surface area contributed by atoms with Crippen LogP contribution in [0.5, 0.6) is 0 Å². The highest BCUT2D eigenvalue weighted by Gasteiger charge is 2.32. The molecule has 1 unspecified atom stereocenters. The van der Waals surface area contributed by atoms with Crippen molar-refractivity contribution in [3.05, 3.63) is 35.8 Å². The van der Waals surface area contributed by atoms with Crippen LogP contribution in [0.1, 0.15) is 35.8 Å². The summed E-state index contributed by atoms with van der Waals surface area (Å²) in [6.07, 6.45) is 5.28. The molecule has 1 aliphatic heterocycles. The number of imidazole rings is 1. The summed E-state index contributed by atoms with van der Waals surface area (Å²) in [6.45, 7) is 5.77. The number of aromatic nitrogens is 2. The Labute approximate surface area is 135 Å². The van der Waals surface area contributed by atoms with Gasteiger partial charge >= 0.3 is 0 Å². The van der Waals surface area contributed by atoms with E-state index < -0.39 is 0 Å². The minimum absolute atomic E-state index is 0.0491. The molecule has 1 atom stereocenters. The molecule has 0 saturated carbocycles. The van der Waals surface area contributed by atoms with E-state index in [4.69, 9.17) is 0 Å². The molecule has 1 aliphatic rings. The van der Waals surface area contributed by atoms with Crippen LogP contribution in [-0.2, 0) is 4.79 Å². The first-order valence-corrected chi connectivity index (χ1v) is 8.11. The van der Waals surface area contributed by atoms with Crippen LogP contribution in [-0.4, -0.2) is 45.7 Å². The lowest BCUT2D eigenvalue weighted by Crippen LogP contribution is -2.35. The summed E-state index contributed by atoms with van der Waals surface area (Å²) in [7, 11) is 0. The number of amides is 2. The van der Waals surface area contributed by atoms with Crippen LogP contribution in [0.2, 0.25) is 0 Å². The molecule has 6 nitrogen and oxygen atoms in total. The van der Waals surface area contributed by atoms with Gasteiger partial charge < -0.3 is 14.6 Å². The van der Waals surface area contributed by atoms with Gasteiger partial charge in [-0.2, -0.15) is 0 Å². The van der Waals surface area contributed by atoms with E-state index in [0.717, 1.165) is 17.6 Å². The molecule has 1 N–H and O–H groups in total. The van der Waals surface area contributed by atoms with E-state index in [1.807, 2.05) is 36.6 Å². The van der Waals surface area contributed by atoms with Gasteiger partial charge in [0.15, 0.2) is 0 Å². The van der Waals surface area contributed by atoms with E-state index in [0.29, 0.717) is 31.7 Å². The average Bonchev–Trinajstić information content (AvgIpc) is 3.19. The van der Waals surface area contributed by atoms with Gasteiger partial charge in [-0.05, 0) is 31.4 Å². The van der Waals surface area contributed by atoms with E-state index in [1.54, 1.807) is 11.1 Å². The minimum Gasteiger partial charge on any atom is -0.356 e. The largest absolute Gasteiger partial charge is 0.356 e. The summed E-state index contributed by atoms with van der Waals surface area (Å²) in [5.74, 6) is -0.156. The van der Waals surface area contributed by atoms with Crippen LogP contribution >= 0.6 is 0 Å². The molecule has 0 radical (unpaired) electrons. The number of pyridine rings is 1. The van der Waals surface area contributed by atoms with Gasteiger partial charge in [0.2, 0.25) is 5.91 Å². The quantitative estimate of drug-likeness (QED) is 0.933. The zero-order chi connectivity index (χ0) is 16.4. The second-order valence-corrected chi connectivity index (χ2v) is 6.08. The maximum absolute atomic E-state index is 12.6. The molecule has 0 aromatic carbocycles. The van der Waals surface area contributed by atoms with E-state index in [-0.39, 0.29) is 17.7 Å². The van der Waals surface area contributed by atoms with Crippen LogP contribution in [0, 0.1) is 12.8 Å². The van der Waals surface area contributed by atoms with Gasteiger partial charge in [0.05, 0.1) is 5.92 Å². The van der Waals surface area contributed by atoms with Crippen molar-refractivity contribution >= 4 is 17.5 Å². The smallest absolute Gasteiger partial charge is 0.274 e. The molecule has 2 aromatic heterocycles. The number of carbonyl (C=O) groups excluding carboxylic acids is 2. The number of rotatable bonds is 4. The lowest BCUT2D eigenvalue weighted by atomic mass is 10.1. The van der Waals surface area contributed by atoms with Crippen LogP contribution < -0.4 is 5.32 Å². The van der Waals surface area contributed by atoms with E-state index in [9.17, 15) is 9.59 Å². The highest BCUT2D eigenvalue weighted by atomic mass is 16.2. The van der Waals surface area contributed by atoms with Crippen molar-refractivity contribution in [2.75, 3.05) is 19.6 Å². The van der Waals surface area contributed by atoms with Gasteiger partial charge in [-0.1, -0.05) is 13.0 Å². The van der Waals surface area contributed by atoms with Crippen molar-refractivity contribution in [1.82, 2.24) is 19.6 Å². The van der Waals surface area contributed by atoms with Gasteiger partial charge in [0.25, 0.3) is 5.91 Å². The maximum atomic E-state index is 12.6. The lowest BCUT2D eigenvalue weighted by molar-refractivity contribution is -0.124. The molecule has 122 valence electrons. The fraction of sp³-hybridized carbons (Fsp3) is 0.471. The van der Waals surface area contributed by atoms with Gasteiger partial charge in [-0.3, -0.25) is 9.59 Å². The minimum atomic E-state index is -0.107. The number of hydrogen-bond acceptors (Lipinski definition) is 3. The standard InChI is InChI=1S/C17H22N4O2/c1-3-7-18-16(22)13-6-9-21(10-13)17(23)14-11-20-8-4-5-12(2)15(20)19-14/h4-5,8,11,13H,3,6-7,9-10H2,1-2H3,(H,18,22). The summed E-state index contributed by atoms with van der Waals surface area (Å²) in [6, 6.07) is 3.91. The molecule has 0 bridgehead atoms. The molecular formula is C17H22N4O2. The Morgan fingerprint density at radius 3 is 3.00 bits per heavy atom. The molecule has 1 saturated heterocycles. The first-order valence-electron chi connectivity index (χ1n) is 8.11. The molecule has 0 spiro atoms. The van der Waals surface area contributed by atoms with Crippen LogP contribution in [0.3, 0.4) is 0 Å². The van der Waals surface area contributed by atoms with Gasteiger partial charge in [0, 0.05) is 32.0 Å². The Morgan fingerprint density at radius 2 is 2.26 bits per heavy atom. The molecule has 3 heterocycles. The third-order valence-electron chi connectivity index (χ3n) is 4.29. The predicted octanol–water partition coefficient (Wildman–Crippen LogP) is 1.63. The summed E-state index contributed by atoms with van der Waals surface area (Å²) in [5.41, 5.74) is 2.27. The van der Waals surface area contributed by atoms with E-state index in [2.05, 4.69) is 10.3 Å². The average molecular weight is 314 g/mol. The van der Waals surface area contributed by atoms with Crippen molar-refractivity contribution in [3.8, 4) is 0 Å². The molecule has 3 rings (SSSR count). The molecule has 1 fully saturated rings. The second kappa shape index (κ2) is 6.40. The fourth-order valence-electron chi connectivity index (χ4n) is 2.97. The normalized spacial score (nSPS) is 17.7. The third-order valence-corrected chi connectivity index (χ3v) is 4.29. The van der Waals surface area contributed by atoms with Crippen molar-refractivity contribution in [1.29, 1.82) is 0 Å². The number of hydrogen-bond donors (Lipinski definition) is 1. The highest BCUT2D eigenvalue weighted by molar-refractivity contribution is 5.94. The maximum Gasteiger partial charge on any atom is 0.274 e. The van der Waals surface area contributed by atoms with Crippen LogP contribution in [0.25, 0.3) is 5.65 Å². The number of likely N-dealkylation sites (tertiary alicyclic amines) is 1. The molecule has 23 heavy (non-hydrogen) atoms. The first-order chi connectivity index (χ1) is 11.1. The number of fused-ring (bicyclic) bond motifs is 1. The zero-order valence-corrected chi connectivity index (χ0v) is 13.6. The Kier molecular flexibility index (Phi) is 4.32. The van der Waals surface area contributed by atoms with Crippen LogP contribution in [0.4, 0.5) is 0 Å². The first kappa shape index (κ1) is 15.5. The lowest BCUT2D eigenvalue weighted by Gasteiger charge is -2.15. The Bertz CT molecular complexity index is 737. The van der Waals surface area contributed by atoms with Crippen molar-refractivity contribution < 1.29 is 9.59 Å². The van der Waals surface area contributed by atoms with Gasteiger partial charge in [-0.15, -0.1) is 0 Å². The van der Waals surface area contributed by atoms with Crippen molar-refractivity contribution in [2.24, 2.45) is 5.92 Å². The number of aryl methyl sites for hydroxylation is 1. The van der Waals surface area contributed by atoms with E-state index in [1.165, 1.54) is 0 Å². The summed E-state index contributed by atoms with van der Waals surface area (Å²) in [4.78, 5) is 30.8. The molecule has 0 aliphatic carbocycles. The molecule has 2 amide bonds. The number of nitrogens with zero attached hydrogens (tertiary/aromatic N) is 3. The number of nitrogens with one attached hydrogen (secondary N) is 1. The predicted molar refractivity (Wildman–Crippen MR) is 87.2 cm³/mol. The van der Waals surface area contributed by atoms with Gasteiger partial charge in [0.1, 0.15) is 11.3 Å². The fourth-order valence-corrected chi connectivity index (χ4v) is 2.97. The summed E-state index contributed by atoms with van der Waals surface area (Å²) < 4.78 is 1.87. The zero-order valence-electron chi connectivity index (χ0n) is 13.6. The third kappa shape index (κ3) is 3.06. The Balaban J connectivity index is 1.71. The highest BCUT2D eigenvalue weighted by Crippen LogP contribution is 2.19. The molecular weight excluding hydrogens is 292 g/mol. The summed E-state index contributed by atoms with van der Waals surface area (Å²) in [5, 5.41) is 2.91. The monoisotopic (exact) mass is 314 g/mol. The van der Waals surface area contributed by atoms with E-state index >= 15 is 0 Å². The van der Waals surface area contributed by atoms with Crippen molar-refractivity contribution in [3.63, 3.8) is 0 Å². The number of carbonyl (C=O) groups is 2. The molecule has 2 aromatic rings. The Morgan fingerprint density at radius 1 is 1.43 bits per heavy atom. The summed E-state index contributed by atoms with van der Waals surface area (Å²) >= 11 is 0. The second-order valence-electron chi connectivity index (χ2n) is 6.08. The van der Waals surface area contributed by atoms with Crippen molar-refractivity contribution in [2.45, 2.75) is 26.7 Å². The Hall–Kier alpha value is -2.37.